The van der Waals surface area contributed by atoms with E-state index in [9.17, 15) is 14.9 Å². The van der Waals surface area contributed by atoms with Crippen LogP contribution in [0.4, 0.5) is 11.4 Å². The number of thioether (sulfide) groups is 1. The molecule has 0 aliphatic rings. The third-order valence-electron chi connectivity index (χ3n) is 4.46. The highest BCUT2D eigenvalue weighted by Gasteiger charge is 2.19. The second-order valence-electron chi connectivity index (χ2n) is 6.81. The summed E-state index contributed by atoms with van der Waals surface area (Å²) in [7, 11) is 0. The second kappa shape index (κ2) is 7.98. The Labute approximate surface area is 167 Å². The number of non-ortho nitro benzene ring substituents is 1. The third kappa shape index (κ3) is 4.31. The lowest BCUT2D eigenvalue weighted by Crippen LogP contribution is -2.23. The number of amides is 1. The zero-order valence-electron chi connectivity index (χ0n) is 16.1. The number of aromatic nitrogens is 1. The summed E-state index contributed by atoms with van der Waals surface area (Å²) >= 11 is 1.38. The normalized spacial score (nSPS) is 12.0. The number of benzene rings is 2. The molecule has 0 bridgehead atoms. The van der Waals surface area contributed by atoms with Crippen molar-refractivity contribution in [2.45, 2.75) is 38.0 Å². The Morgan fingerprint density at radius 1 is 1.11 bits per heavy atom. The van der Waals surface area contributed by atoms with Crippen LogP contribution in [0.5, 0.6) is 0 Å². The number of pyridine rings is 1. The molecule has 144 valence electrons. The van der Waals surface area contributed by atoms with E-state index < -0.39 is 10.2 Å². The maximum atomic E-state index is 12.6. The molecule has 0 unspecified atom stereocenters. The van der Waals surface area contributed by atoms with Crippen LogP contribution in [0.15, 0.2) is 47.5 Å². The molecule has 7 heteroatoms. The summed E-state index contributed by atoms with van der Waals surface area (Å²) in [6, 6.07) is 12.6. The van der Waals surface area contributed by atoms with Crippen molar-refractivity contribution in [3.05, 3.63) is 69.3 Å². The van der Waals surface area contributed by atoms with Gasteiger partial charge in [0.15, 0.2) is 0 Å². The molecular formula is C21H21N3O3S. The molecule has 2 aromatic carbocycles. The molecule has 1 heterocycles. The molecule has 28 heavy (non-hydrogen) atoms. The molecule has 1 aromatic heterocycles. The highest BCUT2D eigenvalue weighted by atomic mass is 32.2. The quantitative estimate of drug-likeness (QED) is 0.365. The molecule has 0 radical (unpaired) electrons. The fourth-order valence-corrected chi connectivity index (χ4v) is 3.71. The van der Waals surface area contributed by atoms with Gasteiger partial charge in [0.25, 0.3) is 5.69 Å². The lowest BCUT2D eigenvalue weighted by molar-refractivity contribution is -0.384. The van der Waals surface area contributed by atoms with Crippen LogP contribution in [0.3, 0.4) is 0 Å². The van der Waals surface area contributed by atoms with Crippen molar-refractivity contribution in [2.75, 3.05) is 5.32 Å². The van der Waals surface area contributed by atoms with E-state index >= 15 is 0 Å². The minimum Gasteiger partial charge on any atom is -0.325 e. The average Bonchev–Trinajstić information content (AvgIpc) is 2.64. The SMILES string of the molecule is Cc1ccc2nc(S[C@@H](C)C(=O)Nc3cc([N+](=O)[O-])ccc3C)c(C)cc2c1. The van der Waals surface area contributed by atoms with Crippen LogP contribution in [0.1, 0.15) is 23.6 Å². The molecule has 3 rings (SSSR count). The molecule has 1 amide bonds. The molecule has 0 spiro atoms. The number of nitro groups is 1. The van der Waals surface area contributed by atoms with Gasteiger partial charge in [-0.3, -0.25) is 14.9 Å². The Kier molecular flexibility index (Phi) is 5.65. The maximum absolute atomic E-state index is 12.6. The van der Waals surface area contributed by atoms with Crippen molar-refractivity contribution in [3.63, 3.8) is 0 Å². The van der Waals surface area contributed by atoms with Crippen molar-refractivity contribution < 1.29 is 9.72 Å². The van der Waals surface area contributed by atoms with E-state index in [0.29, 0.717) is 5.69 Å². The second-order valence-corrected chi connectivity index (χ2v) is 8.14. The number of carbonyl (C=O) groups excluding carboxylic acids is 1. The van der Waals surface area contributed by atoms with Crippen molar-refractivity contribution >= 4 is 39.9 Å². The van der Waals surface area contributed by atoms with E-state index in [4.69, 9.17) is 4.98 Å². The van der Waals surface area contributed by atoms with Gasteiger partial charge in [-0.15, -0.1) is 0 Å². The molecule has 1 N–H and O–H groups in total. The Hall–Kier alpha value is -2.93. The average molecular weight is 395 g/mol. The molecule has 0 aliphatic heterocycles. The Morgan fingerprint density at radius 3 is 2.57 bits per heavy atom. The van der Waals surface area contributed by atoms with Crippen LogP contribution in [0, 0.1) is 30.9 Å². The number of rotatable bonds is 5. The predicted molar refractivity (Wildman–Crippen MR) is 113 cm³/mol. The number of fused-ring (bicyclic) bond motifs is 1. The first-order chi connectivity index (χ1) is 13.2. The predicted octanol–water partition coefficient (Wildman–Crippen LogP) is 5.19. The molecule has 0 fully saturated rings. The first-order valence-electron chi connectivity index (χ1n) is 8.85. The lowest BCUT2D eigenvalue weighted by Gasteiger charge is -2.15. The lowest BCUT2D eigenvalue weighted by atomic mass is 10.1. The summed E-state index contributed by atoms with van der Waals surface area (Å²) in [6.45, 7) is 7.62. The monoisotopic (exact) mass is 395 g/mol. The number of aryl methyl sites for hydroxylation is 3. The first-order valence-corrected chi connectivity index (χ1v) is 9.73. The number of hydrogen-bond acceptors (Lipinski definition) is 5. The molecule has 3 aromatic rings. The summed E-state index contributed by atoms with van der Waals surface area (Å²) in [5.74, 6) is -0.223. The van der Waals surface area contributed by atoms with Crippen LogP contribution in [-0.2, 0) is 4.79 Å². The first kappa shape index (κ1) is 19.8. The summed E-state index contributed by atoms with van der Waals surface area (Å²) in [5, 5.41) is 15.2. The highest BCUT2D eigenvalue weighted by molar-refractivity contribution is 8.00. The van der Waals surface area contributed by atoms with E-state index in [1.54, 1.807) is 19.9 Å². The van der Waals surface area contributed by atoms with Crippen LogP contribution < -0.4 is 5.32 Å². The summed E-state index contributed by atoms with van der Waals surface area (Å²) in [6.07, 6.45) is 0. The van der Waals surface area contributed by atoms with Crippen molar-refractivity contribution in [3.8, 4) is 0 Å². The standard InChI is InChI=1S/C21H21N3O3S/c1-12-5-8-18-16(9-12)10-14(3)21(23-18)28-15(4)20(25)22-19-11-17(24(26)27)7-6-13(19)2/h5-11,15H,1-4H3,(H,22,25)/t15-/m0/s1. The van der Waals surface area contributed by atoms with Crippen LogP contribution in [0.2, 0.25) is 0 Å². The number of nitrogens with zero attached hydrogens (tertiary/aromatic N) is 2. The number of anilines is 1. The van der Waals surface area contributed by atoms with Gasteiger partial charge in [-0.25, -0.2) is 4.98 Å². The number of nitrogens with one attached hydrogen (secondary N) is 1. The van der Waals surface area contributed by atoms with Gasteiger partial charge in [-0.05, 0) is 57.0 Å². The van der Waals surface area contributed by atoms with Crippen molar-refractivity contribution in [1.29, 1.82) is 0 Å². The fraction of sp³-hybridized carbons (Fsp3) is 0.238. The Bertz CT molecular complexity index is 1080. The van der Waals surface area contributed by atoms with Crippen molar-refractivity contribution in [2.24, 2.45) is 0 Å². The zero-order valence-corrected chi connectivity index (χ0v) is 17.0. The highest BCUT2D eigenvalue weighted by Crippen LogP contribution is 2.29. The van der Waals surface area contributed by atoms with E-state index in [1.165, 1.54) is 29.5 Å². The van der Waals surface area contributed by atoms with E-state index in [-0.39, 0.29) is 11.6 Å². The number of hydrogen-bond donors (Lipinski definition) is 1. The van der Waals surface area contributed by atoms with Crippen LogP contribution in [-0.4, -0.2) is 21.1 Å². The van der Waals surface area contributed by atoms with E-state index in [2.05, 4.69) is 17.4 Å². The Balaban J connectivity index is 1.78. The molecule has 0 saturated carbocycles. The third-order valence-corrected chi connectivity index (χ3v) is 5.67. The van der Waals surface area contributed by atoms with E-state index in [0.717, 1.165) is 27.1 Å². The van der Waals surface area contributed by atoms with Gasteiger partial charge in [0.05, 0.1) is 21.4 Å². The molecule has 1 atom stereocenters. The van der Waals surface area contributed by atoms with Gasteiger partial charge in [0.1, 0.15) is 5.03 Å². The Morgan fingerprint density at radius 2 is 1.86 bits per heavy atom. The van der Waals surface area contributed by atoms with Crippen LogP contribution in [0.25, 0.3) is 10.9 Å². The van der Waals surface area contributed by atoms with Gasteiger partial charge in [0.2, 0.25) is 5.91 Å². The van der Waals surface area contributed by atoms with Gasteiger partial charge in [-0.1, -0.05) is 29.5 Å². The van der Waals surface area contributed by atoms with Gasteiger partial charge >= 0.3 is 0 Å². The minimum atomic E-state index is -0.475. The van der Waals surface area contributed by atoms with Gasteiger partial charge < -0.3 is 5.32 Å². The van der Waals surface area contributed by atoms with E-state index in [1.807, 2.05) is 26.0 Å². The zero-order chi connectivity index (χ0) is 20.4. The van der Waals surface area contributed by atoms with Gasteiger partial charge in [0, 0.05) is 17.5 Å². The maximum Gasteiger partial charge on any atom is 0.271 e. The van der Waals surface area contributed by atoms with Crippen molar-refractivity contribution in [1.82, 2.24) is 4.98 Å². The van der Waals surface area contributed by atoms with Gasteiger partial charge in [-0.2, -0.15) is 0 Å². The van der Waals surface area contributed by atoms with Crippen LogP contribution >= 0.6 is 11.8 Å². The molecule has 0 saturated heterocycles. The number of carbonyl (C=O) groups is 1. The molecule has 6 nitrogen and oxygen atoms in total. The topological polar surface area (TPSA) is 85.1 Å². The molecular weight excluding hydrogens is 374 g/mol. The minimum absolute atomic E-state index is 0.0523. The largest absolute Gasteiger partial charge is 0.325 e. The number of nitro benzene ring substituents is 1. The summed E-state index contributed by atoms with van der Waals surface area (Å²) in [5.41, 5.74) is 4.24. The smallest absolute Gasteiger partial charge is 0.271 e. The summed E-state index contributed by atoms with van der Waals surface area (Å²) in [4.78, 5) is 27.8. The molecule has 0 aliphatic carbocycles. The summed E-state index contributed by atoms with van der Waals surface area (Å²) < 4.78 is 0. The fourth-order valence-electron chi connectivity index (χ4n) is 2.82.